The van der Waals surface area contributed by atoms with E-state index >= 15 is 0 Å². The van der Waals surface area contributed by atoms with Gasteiger partial charge in [0.2, 0.25) is 0 Å². The zero-order valence-corrected chi connectivity index (χ0v) is 9.13. The van der Waals surface area contributed by atoms with E-state index in [1.54, 1.807) is 7.11 Å². The van der Waals surface area contributed by atoms with E-state index < -0.39 is 0 Å². The van der Waals surface area contributed by atoms with E-state index in [-0.39, 0.29) is 0 Å². The summed E-state index contributed by atoms with van der Waals surface area (Å²) in [5.74, 6) is 6.08. The van der Waals surface area contributed by atoms with E-state index in [1.165, 1.54) is 0 Å². The lowest BCUT2D eigenvalue weighted by Gasteiger charge is -2.12. The first kappa shape index (κ1) is 11.2. The average molecular weight is 198 g/mol. The molecule has 0 fully saturated rings. The van der Waals surface area contributed by atoms with E-state index in [4.69, 9.17) is 17.6 Å². The highest BCUT2D eigenvalue weighted by molar-refractivity contribution is 5.47. The monoisotopic (exact) mass is 198 g/mol. The molecule has 0 heterocycles. The lowest BCUT2D eigenvalue weighted by Crippen LogP contribution is -1.98. The first-order valence-corrected chi connectivity index (χ1v) is 4.76. The summed E-state index contributed by atoms with van der Waals surface area (Å²) in [5, 5.41) is 0. The van der Waals surface area contributed by atoms with Crippen LogP contribution in [0.2, 0.25) is 0 Å². The largest absolute Gasteiger partial charge is 0.496 e. The van der Waals surface area contributed by atoms with Crippen LogP contribution in [0.3, 0.4) is 0 Å². The van der Waals surface area contributed by atoms with Crippen LogP contribution in [0.5, 0.6) is 5.75 Å². The summed E-state index contributed by atoms with van der Waals surface area (Å²) in [6.45, 7) is 2.03. The fourth-order valence-corrected chi connectivity index (χ4v) is 1.67. The Labute approximate surface area is 91.5 Å². The highest BCUT2D eigenvalue weighted by Gasteiger charge is 2.08. The number of benzene rings is 1. The molecule has 0 aromatic heterocycles. The first-order chi connectivity index (χ1) is 7.22. The molecule has 0 aliphatic heterocycles. The number of methoxy groups -OCH3 is 1. The summed E-state index contributed by atoms with van der Waals surface area (Å²) in [4.78, 5) is 0. The number of hydrogen-bond acceptors (Lipinski definition) is 1. The molecule has 0 saturated carbocycles. The molecule has 1 aromatic carbocycles. The van der Waals surface area contributed by atoms with Crippen molar-refractivity contribution >= 4 is 0 Å². The van der Waals surface area contributed by atoms with Crippen LogP contribution in [-0.2, 0) is 12.8 Å². The second-order valence-corrected chi connectivity index (χ2v) is 3.38. The van der Waals surface area contributed by atoms with Crippen molar-refractivity contribution in [3.63, 3.8) is 0 Å². The van der Waals surface area contributed by atoms with Crippen molar-refractivity contribution in [3.05, 3.63) is 28.8 Å². The summed E-state index contributed by atoms with van der Waals surface area (Å²) in [6, 6.07) is 4.08. The zero-order valence-electron chi connectivity index (χ0n) is 9.13. The van der Waals surface area contributed by atoms with Crippen LogP contribution in [-0.4, -0.2) is 7.11 Å². The Bertz CT molecular complexity index is 393. The normalized spacial score (nSPS) is 9.07. The molecule has 0 bridgehead atoms. The van der Waals surface area contributed by atoms with Gasteiger partial charge in [-0.1, -0.05) is 17.7 Å². The van der Waals surface area contributed by atoms with Gasteiger partial charge in [0.05, 0.1) is 7.11 Å². The Kier molecular flexibility index (Phi) is 3.83. The molecule has 0 saturated heterocycles. The number of terminal acetylenes is 2. The fraction of sp³-hybridized carbons (Fsp3) is 0.286. The van der Waals surface area contributed by atoms with Crippen LogP contribution in [0.25, 0.3) is 0 Å². The predicted octanol–water partition coefficient (Wildman–Crippen LogP) is 2.36. The Hall–Kier alpha value is -1.86. The van der Waals surface area contributed by atoms with Gasteiger partial charge in [0.15, 0.2) is 0 Å². The summed E-state index contributed by atoms with van der Waals surface area (Å²) < 4.78 is 5.35. The summed E-state index contributed by atoms with van der Waals surface area (Å²) in [6.07, 6.45) is 11.8. The van der Waals surface area contributed by atoms with Crippen molar-refractivity contribution in [2.24, 2.45) is 0 Å². The maximum Gasteiger partial charge on any atom is 0.127 e. The molecule has 1 rings (SSSR count). The molecule has 0 amide bonds. The van der Waals surface area contributed by atoms with Gasteiger partial charge in [0, 0.05) is 24.0 Å². The Balaban J connectivity index is 3.27. The molecule has 0 unspecified atom stereocenters. The number of rotatable bonds is 3. The van der Waals surface area contributed by atoms with Crippen LogP contribution >= 0.6 is 0 Å². The maximum absolute atomic E-state index is 5.35. The highest BCUT2D eigenvalue weighted by Crippen LogP contribution is 2.26. The second-order valence-electron chi connectivity index (χ2n) is 3.38. The maximum atomic E-state index is 5.35. The average Bonchev–Trinajstić information content (AvgIpc) is 2.18. The van der Waals surface area contributed by atoms with Crippen molar-refractivity contribution in [1.82, 2.24) is 0 Å². The van der Waals surface area contributed by atoms with E-state index in [0.717, 1.165) is 22.4 Å². The Morgan fingerprint density at radius 2 is 1.60 bits per heavy atom. The lowest BCUT2D eigenvalue weighted by molar-refractivity contribution is 0.407. The predicted molar refractivity (Wildman–Crippen MR) is 62.8 cm³/mol. The number of hydrogen-bond donors (Lipinski definition) is 0. The van der Waals surface area contributed by atoms with Crippen LogP contribution in [0.4, 0.5) is 0 Å². The van der Waals surface area contributed by atoms with Crippen molar-refractivity contribution in [2.75, 3.05) is 7.11 Å². The molecule has 0 spiro atoms. The smallest absolute Gasteiger partial charge is 0.127 e. The standard InChI is InChI=1S/C14H14O/c1-5-7-12-9-11(3)10-13(8-6-2)14(12)15-4/h1-2,9-10H,7-8H2,3-4H3. The van der Waals surface area contributed by atoms with Crippen molar-refractivity contribution in [2.45, 2.75) is 19.8 Å². The SMILES string of the molecule is C#CCc1cc(C)cc(CC#C)c1OC. The minimum absolute atomic E-state index is 0.572. The van der Waals surface area contributed by atoms with Crippen LogP contribution in [0.15, 0.2) is 12.1 Å². The lowest BCUT2D eigenvalue weighted by atomic mass is 10.0. The van der Waals surface area contributed by atoms with Gasteiger partial charge in [-0.2, -0.15) is 0 Å². The topological polar surface area (TPSA) is 9.23 Å². The molecule has 0 aliphatic carbocycles. The molecule has 0 radical (unpaired) electrons. The summed E-state index contributed by atoms with van der Waals surface area (Å²) in [5.41, 5.74) is 3.22. The second kappa shape index (κ2) is 5.13. The minimum atomic E-state index is 0.572. The third kappa shape index (κ3) is 2.55. The summed E-state index contributed by atoms with van der Waals surface area (Å²) in [7, 11) is 1.64. The minimum Gasteiger partial charge on any atom is -0.496 e. The molecule has 1 aromatic rings. The van der Waals surface area contributed by atoms with E-state index in [2.05, 4.69) is 11.8 Å². The zero-order chi connectivity index (χ0) is 11.3. The molecule has 0 atom stereocenters. The summed E-state index contributed by atoms with van der Waals surface area (Å²) >= 11 is 0. The van der Waals surface area contributed by atoms with Gasteiger partial charge < -0.3 is 4.74 Å². The Morgan fingerprint density at radius 3 is 1.93 bits per heavy atom. The van der Waals surface area contributed by atoms with Gasteiger partial charge in [0.25, 0.3) is 0 Å². The molecule has 0 aliphatic rings. The van der Waals surface area contributed by atoms with E-state index in [9.17, 15) is 0 Å². The first-order valence-electron chi connectivity index (χ1n) is 4.76. The fourth-order valence-electron chi connectivity index (χ4n) is 1.67. The van der Waals surface area contributed by atoms with Crippen LogP contribution < -0.4 is 4.74 Å². The third-order valence-corrected chi connectivity index (χ3v) is 2.18. The van der Waals surface area contributed by atoms with E-state index in [1.807, 2.05) is 19.1 Å². The number of aryl methyl sites for hydroxylation is 1. The van der Waals surface area contributed by atoms with Gasteiger partial charge in [-0.25, -0.2) is 0 Å². The van der Waals surface area contributed by atoms with Gasteiger partial charge in [-0.05, 0) is 6.92 Å². The quantitative estimate of drug-likeness (QED) is 0.677. The number of ether oxygens (including phenoxy) is 1. The molecule has 0 N–H and O–H groups in total. The molecular formula is C14H14O. The van der Waals surface area contributed by atoms with Gasteiger partial charge >= 0.3 is 0 Å². The van der Waals surface area contributed by atoms with Crippen LogP contribution in [0.1, 0.15) is 16.7 Å². The molecule has 1 heteroatoms. The Morgan fingerprint density at radius 1 is 1.13 bits per heavy atom. The highest BCUT2D eigenvalue weighted by atomic mass is 16.5. The molecular weight excluding hydrogens is 184 g/mol. The molecule has 15 heavy (non-hydrogen) atoms. The van der Waals surface area contributed by atoms with Crippen LogP contribution in [0, 0.1) is 31.6 Å². The van der Waals surface area contributed by atoms with E-state index in [0.29, 0.717) is 12.8 Å². The molecule has 76 valence electrons. The third-order valence-electron chi connectivity index (χ3n) is 2.18. The van der Waals surface area contributed by atoms with Gasteiger partial charge in [-0.3, -0.25) is 0 Å². The van der Waals surface area contributed by atoms with Crippen molar-refractivity contribution in [3.8, 4) is 30.4 Å². The van der Waals surface area contributed by atoms with Crippen molar-refractivity contribution < 1.29 is 4.74 Å². The molecule has 1 nitrogen and oxygen atoms in total. The van der Waals surface area contributed by atoms with Gasteiger partial charge in [-0.15, -0.1) is 24.7 Å². The van der Waals surface area contributed by atoms with Gasteiger partial charge in [0.1, 0.15) is 5.75 Å². The van der Waals surface area contributed by atoms with Crippen molar-refractivity contribution in [1.29, 1.82) is 0 Å².